The largest absolute Gasteiger partial charge is 1.00 e. The third-order valence-electron chi connectivity index (χ3n) is 1.40. The first-order valence-electron chi connectivity index (χ1n) is 3.62. The molecule has 1 radical (unpaired) electrons. The van der Waals surface area contributed by atoms with E-state index in [9.17, 15) is 0 Å². The number of halogens is 1. The molecule has 0 aliphatic carbocycles. The Balaban J connectivity index is 0. The fourth-order valence-corrected chi connectivity index (χ4v) is 1.00. The van der Waals surface area contributed by atoms with Crippen molar-refractivity contribution in [2.24, 2.45) is 0 Å². The van der Waals surface area contributed by atoms with E-state index < -0.39 is 0 Å². The van der Waals surface area contributed by atoms with Gasteiger partial charge in [-0.3, -0.25) is 0 Å². The second-order valence-electron chi connectivity index (χ2n) is 2.87. The van der Waals surface area contributed by atoms with Crippen LogP contribution in [0.4, 0.5) is 0 Å². The van der Waals surface area contributed by atoms with Crippen molar-refractivity contribution < 1.29 is 17.3 Å². The summed E-state index contributed by atoms with van der Waals surface area (Å²) in [4.78, 5) is 1.46. The zero-order valence-electron chi connectivity index (χ0n) is 7.97. The molecular formula is C9H14ClNNa. The SMILES string of the molecule is C[NH+](C)Cc1ccccc1.[Cl-].[Na]. The summed E-state index contributed by atoms with van der Waals surface area (Å²) in [5.74, 6) is 0. The predicted octanol–water partition coefficient (Wildman–Crippen LogP) is -3.05. The normalized spacial score (nSPS) is 8.58. The molecule has 0 spiro atoms. The van der Waals surface area contributed by atoms with Gasteiger partial charge in [-0.15, -0.1) is 0 Å². The van der Waals surface area contributed by atoms with E-state index in [0.717, 1.165) is 6.54 Å². The minimum absolute atomic E-state index is 0. The standard InChI is InChI=1S/C9H13N.ClH.Na/c1-10(2)8-9-6-4-3-5-7-9;;/h3-7H,8H2,1-2H3;1H;. The first-order valence-corrected chi connectivity index (χ1v) is 3.62. The second-order valence-corrected chi connectivity index (χ2v) is 2.87. The second kappa shape index (κ2) is 8.09. The molecule has 12 heavy (non-hydrogen) atoms. The molecule has 1 aromatic rings. The van der Waals surface area contributed by atoms with Gasteiger partial charge in [-0.05, 0) is 0 Å². The molecule has 0 aliphatic heterocycles. The summed E-state index contributed by atoms with van der Waals surface area (Å²) < 4.78 is 0. The van der Waals surface area contributed by atoms with Gasteiger partial charge in [0.15, 0.2) is 0 Å². The van der Waals surface area contributed by atoms with E-state index in [1.54, 1.807) is 0 Å². The molecule has 0 atom stereocenters. The van der Waals surface area contributed by atoms with Gasteiger partial charge in [0.05, 0.1) is 14.1 Å². The maximum atomic E-state index is 2.16. The van der Waals surface area contributed by atoms with Crippen molar-refractivity contribution in [3.8, 4) is 0 Å². The van der Waals surface area contributed by atoms with Crippen LogP contribution < -0.4 is 17.3 Å². The molecule has 1 nitrogen and oxygen atoms in total. The van der Waals surface area contributed by atoms with Gasteiger partial charge >= 0.3 is 0 Å². The zero-order chi connectivity index (χ0) is 7.40. The third kappa shape index (κ3) is 6.04. The minimum Gasteiger partial charge on any atom is -1.00 e. The van der Waals surface area contributed by atoms with E-state index in [2.05, 4.69) is 44.4 Å². The van der Waals surface area contributed by atoms with Crippen LogP contribution in [0.1, 0.15) is 5.56 Å². The monoisotopic (exact) mass is 194 g/mol. The maximum absolute atomic E-state index is 2.16. The van der Waals surface area contributed by atoms with Crippen molar-refractivity contribution in [1.82, 2.24) is 0 Å². The first kappa shape index (κ1) is 15.0. The van der Waals surface area contributed by atoms with Crippen molar-refractivity contribution in [2.45, 2.75) is 6.54 Å². The van der Waals surface area contributed by atoms with Crippen molar-refractivity contribution in [3.05, 3.63) is 35.9 Å². The van der Waals surface area contributed by atoms with E-state index in [1.165, 1.54) is 10.5 Å². The van der Waals surface area contributed by atoms with E-state index >= 15 is 0 Å². The van der Waals surface area contributed by atoms with Crippen LogP contribution in [0.15, 0.2) is 30.3 Å². The molecule has 0 amide bonds. The van der Waals surface area contributed by atoms with Crippen LogP contribution in [0.5, 0.6) is 0 Å². The molecule has 63 valence electrons. The Morgan fingerprint density at radius 2 is 1.58 bits per heavy atom. The van der Waals surface area contributed by atoms with Crippen molar-refractivity contribution in [3.63, 3.8) is 0 Å². The number of quaternary nitrogens is 1. The minimum atomic E-state index is 0. The molecule has 3 heteroatoms. The molecule has 1 N–H and O–H groups in total. The average molecular weight is 195 g/mol. The van der Waals surface area contributed by atoms with Crippen molar-refractivity contribution >= 4 is 29.6 Å². The maximum Gasteiger partial charge on any atom is 0.102 e. The van der Waals surface area contributed by atoms with Gasteiger partial charge in [0.25, 0.3) is 0 Å². The van der Waals surface area contributed by atoms with Gasteiger partial charge in [-0.1, -0.05) is 30.3 Å². The van der Waals surface area contributed by atoms with Crippen LogP contribution >= 0.6 is 0 Å². The molecule has 0 fully saturated rings. The van der Waals surface area contributed by atoms with Crippen LogP contribution in [0.25, 0.3) is 0 Å². The van der Waals surface area contributed by atoms with Crippen LogP contribution in [-0.4, -0.2) is 43.7 Å². The summed E-state index contributed by atoms with van der Waals surface area (Å²) >= 11 is 0. The Kier molecular flexibility index (Phi) is 10.1. The van der Waals surface area contributed by atoms with Gasteiger partial charge < -0.3 is 17.3 Å². The fraction of sp³-hybridized carbons (Fsp3) is 0.333. The molecule has 0 aliphatic rings. The van der Waals surface area contributed by atoms with E-state index in [1.807, 2.05) is 0 Å². The Morgan fingerprint density at radius 3 is 2.00 bits per heavy atom. The smallest absolute Gasteiger partial charge is 0.102 e. The summed E-state index contributed by atoms with van der Waals surface area (Å²) in [6.07, 6.45) is 0. The summed E-state index contributed by atoms with van der Waals surface area (Å²) in [5.41, 5.74) is 1.41. The van der Waals surface area contributed by atoms with Crippen LogP contribution in [0.2, 0.25) is 0 Å². The number of hydrogen-bond donors (Lipinski definition) is 1. The predicted molar refractivity (Wildman–Crippen MR) is 48.7 cm³/mol. The molecule has 1 aromatic carbocycles. The van der Waals surface area contributed by atoms with Gasteiger partial charge in [-0.2, -0.15) is 0 Å². The Morgan fingerprint density at radius 1 is 1.08 bits per heavy atom. The third-order valence-corrected chi connectivity index (χ3v) is 1.40. The van der Waals surface area contributed by atoms with Gasteiger partial charge in [0.2, 0.25) is 0 Å². The van der Waals surface area contributed by atoms with Crippen molar-refractivity contribution in [1.29, 1.82) is 0 Å². The van der Waals surface area contributed by atoms with E-state index in [-0.39, 0.29) is 42.0 Å². The Labute approximate surface area is 103 Å². The number of rotatable bonds is 2. The molecule has 0 saturated carbocycles. The summed E-state index contributed by atoms with van der Waals surface area (Å²) in [5, 5.41) is 0. The molecule has 0 bridgehead atoms. The van der Waals surface area contributed by atoms with Crippen LogP contribution in [0, 0.1) is 0 Å². The summed E-state index contributed by atoms with van der Waals surface area (Å²) in [6, 6.07) is 10.5. The fourth-order valence-electron chi connectivity index (χ4n) is 1.00. The number of hydrogen-bond acceptors (Lipinski definition) is 0. The molecular weight excluding hydrogens is 181 g/mol. The topological polar surface area (TPSA) is 4.44 Å². The molecule has 0 heterocycles. The molecule has 0 aromatic heterocycles. The zero-order valence-corrected chi connectivity index (χ0v) is 10.7. The summed E-state index contributed by atoms with van der Waals surface area (Å²) in [6.45, 7) is 1.11. The van der Waals surface area contributed by atoms with E-state index in [4.69, 9.17) is 0 Å². The van der Waals surface area contributed by atoms with Crippen LogP contribution in [0.3, 0.4) is 0 Å². The van der Waals surface area contributed by atoms with Gasteiger partial charge in [0, 0.05) is 35.1 Å². The Hall–Kier alpha value is 0.470. The molecule has 1 rings (SSSR count). The first-order chi connectivity index (χ1) is 4.79. The molecule has 0 saturated heterocycles. The van der Waals surface area contributed by atoms with Gasteiger partial charge in [-0.25, -0.2) is 0 Å². The quantitative estimate of drug-likeness (QED) is 0.478. The number of nitrogens with one attached hydrogen (secondary N) is 1. The van der Waals surface area contributed by atoms with Gasteiger partial charge in [0.1, 0.15) is 6.54 Å². The summed E-state index contributed by atoms with van der Waals surface area (Å²) in [7, 11) is 4.32. The Bertz CT molecular complexity index is 189. The number of benzene rings is 1. The van der Waals surface area contributed by atoms with Crippen molar-refractivity contribution in [2.75, 3.05) is 14.1 Å². The van der Waals surface area contributed by atoms with E-state index in [0.29, 0.717) is 0 Å². The molecule has 0 unspecified atom stereocenters. The average Bonchev–Trinajstić information content (AvgIpc) is 1.88. The van der Waals surface area contributed by atoms with Crippen LogP contribution in [-0.2, 0) is 6.54 Å².